The lowest BCUT2D eigenvalue weighted by Gasteiger charge is -2.28. The van der Waals surface area contributed by atoms with Crippen molar-refractivity contribution in [3.8, 4) is 0 Å². The van der Waals surface area contributed by atoms with Gasteiger partial charge < -0.3 is 15.4 Å². The van der Waals surface area contributed by atoms with E-state index in [1.54, 1.807) is 12.3 Å². The van der Waals surface area contributed by atoms with E-state index < -0.39 is 0 Å². The van der Waals surface area contributed by atoms with Gasteiger partial charge in [-0.1, -0.05) is 6.92 Å². The summed E-state index contributed by atoms with van der Waals surface area (Å²) in [5.74, 6) is 0. The van der Waals surface area contributed by atoms with Gasteiger partial charge in [0.2, 0.25) is 0 Å². The van der Waals surface area contributed by atoms with Crippen molar-refractivity contribution in [3.05, 3.63) is 22.6 Å². The molecule has 20 heavy (non-hydrogen) atoms. The van der Waals surface area contributed by atoms with Crippen LogP contribution in [0.5, 0.6) is 0 Å². The molecule has 2 rings (SSSR count). The molecule has 2 heterocycles. The second kappa shape index (κ2) is 7.40. The van der Waals surface area contributed by atoms with Gasteiger partial charge in [0.15, 0.2) is 0 Å². The Morgan fingerprint density at radius 3 is 2.85 bits per heavy atom. The minimum atomic E-state index is -0.0425. The van der Waals surface area contributed by atoms with Crippen LogP contribution in [0.3, 0.4) is 0 Å². The Bertz CT molecular complexity index is 468. The summed E-state index contributed by atoms with van der Waals surface area (Å²) < 4.78 is 6.82. The molecular weight excluding hydrogens is 256 g/mol. The molecule has 1 aliphatic rings. The topological polar surface area (TPSA) is 73.4 Å². The van der Waals surface area contributed by atoms with E-state index in [1.807, 2.05) is 0 Å². The van der Waals surface area contributed by atoms with Gasteiger partial charge in [0.25, 0.3) is 5.56 Å². The average Bonchev–Trinajstić information content (AvgIpc) is 2.49. The Morgan fingerprint density at radius 1 is 1.45 bits per heavy atom. The molecule has 1 atom stereocenters. The molecule has 0 aliphatic carbocycles. The molecule has 0 radical (unpaired) electrons. The van der Waals surface area contributed by atoms with E-state index in [-0.39, 0.29) is 11.6 Å². The summed E-state index contributed by atoms with van der Waals surface area (Å²) in [6.45, 7) is 5.76. The highest BCUT2D eigenvalue weighted by molar-refractivity contribution is 5.43. The first-order valence-corrected chi connectivity index (χ1v) is 7.36. The SMILES string of the molecule is CCC(N)CCCn1ncc(N2CCOCC2)cc1=O. The Balaban J connectivity index is 1.93. The van der Waals surface area contributed by atoms with Crippen molar-refractivity contribution in [1.82, 2.24) is 9.78 Å². The Hall–Kier alpha value is -1.40. The third-order valence-electron chi connectivity index (χ3n) is 3.70. The van der Waals surface area contributed by atoms with Gasteiger partial charge in [0, 0.05) is 31.7 Å². The summed E-state index contributed by atoms with van der Waals surface area (Å²) >= 11 is 0. The summed E-state index contributed by atoms with van der Waals surface area (Å²) in [6, 6.07) is 1.89. The fourth-order valence-electron chi connectivity index (χ4n) is 2.29. The normalized spacial score (nSPS) is 17.2. The molecule has 0 aromatic carbocycles. The van der Waals surface area contributed by atoms with E-state index in [0.717, 1.165) is 38.0 Å². The lowest BCUT2D eigenvalue weighted by Crippen LogP contribution is -2.37. The van der Waals surface area contributed by atoms with Crippen molar-refractivity contribution in [3.63, 3.8) is 0 Å². The second-order valence-corrected chi connectivity index (χ2v) is 5.19. The lowest BCUT2D eigenvalue weighted by molar-refractivity contribution is 0.122. The number of morpholine rings is 1. The maximum atomic E-state index is 12.0. The van der Waals surface area contributed by atoms with Crippen molar-refractivity contribution in [1.29, 1.82) is 0 Å². The highest BCUT2D eigenvalue weighted by atomic mass is 16.5. The van der Waals surface area contributed by atoms with E-state index in [0.29, 0.717) is 19.8 Å². The predicted molar refractivity (Wildman–Crippen MR) is 79.0 cm³/mol. The molecule has 1 fully saturated rings. The maximum Gasteiger partial charge on any atom is 0.268 e. The summed E-state index contributed by atoms with van der Waals surface area (Å²) in [5, 5.41) is 4.26. The first-order valence-electron chi connectivity index (χ1n) is 7.36. The van der Waals surface area contributed by atoms with Gasteiger partial charge in [-0.05, 0) is 19.3 Å². The highest BCUT2D eigenvalue weighted by Gasteiger charge is 2.12. The molecule has 1 unspecified atom stereocenters. The molecule has 2 N–H and O–H groups in total. The number of nitrogens with two attached hydrogens (primary N) is 1. The Labute approximate surface area is 119 Å². The molecule has 1 aromatic heterocycles. The maximum absolute atomic E-state index is 12.0. The molecule has 0 bridgehead atoms. The van der Waals surface area contributed by atoms with Crippen LogP contribution >= 0.6 is 0 Å². The lowest BCUT2D eigenvalue weighted by atomic mass is 10.1. The van der Waals surface area contributed by atoms with E-state index >= 15 is 0 Å². The number of nitrogens with zero attached hydrogens (tertiary/aromatic N) is 3. The number of ether oxygens (including phenoxy) is 1. The van der Waals surface area contributed by atoms with Crippen LogP contribution < -0.4 is 16.2 Å². The number of hydrogen-bond donors (Lipinski definition) is 1. The van der Waals surface area contributed by atoms with E-state index in [2.05, 4.69) is 16.9 Å². The summed E-state index contributed by atoms with van der Waals surface area (Å²) in [4.78, 5) is 14.2. The molecule has 112 valence electrons. The molecule has 6 nitrogen and oxygen atoms in total. The van der Waals surface area contributed by atoms with Crippen LogP contribution in [0.4, 0.5) is 5.69 Å². The number of anilines is 1. The molecule has 0 amide bonds. The van der Waals surface area contributed by atoms with Gasteiger partial charge >= 0.3 is 0 Å². The second-order valence-electron chi connectivity index (χ2n) is 5.19. The average molecular weight is 280 g/mol. The number of aryl methyl sites for hydroxylation is 1. The molecule has 0 spiro atoms. The summed E-state index contributed by atoms with van der Waals surface area (Å²) in [7, 11) is 0. The zero-order chi connectivity index (χ0) is 14.4. The molecule has 1 aliphatic heterocycles. The monoisotopic (exact) mass is 280 g/mol. The number of aromatic nitrogens is 2. The van der Waals surface area contributed by atoms with Gasteiger partial charge in [0.1, 0.15) is 0 Å². The van der Waals surface area contributed by atoms with E-state index in [4.69, 9.17) is 10.5 Å². The molecule has 1 aromatic rings. The van der Waals surface area contributed by atoms with Crippen molar-refractivity contribution >= 4 is 5.69 Å². The van der Waals surface area contributed by atoms with Crippen LogP contribution in [0.25, 0.3) is 0 Å². The summed E-state index contributed by atoms with van der Waals surface area (Å²) in [5.41, 5.74) is 6.72. The van der Waals surface area contributed by atoms with Crippen molar-refractivity contribution in [2.45, 2.75) is 38.8 Å². The van der Waals surface area contributed by atoms with Crippen molar-refractivity contribution < 1.29 is 4.74 Å². The van der Waals surface area contributed by atoms with Crippen LogP contribution in [-0.4, -0.2) is 42.1 Å². The largest absolute Gasteiger partial charge is 0.378 e. The zero-order valence-corrected chi connectivity index (χ0v) is 12.1. The molecule has 0 saturated carbocycles. The van der Waals surface area contributed by atoms with Gasteiger partial charge in [-0.2, -0.15) is 5.10 Å². The van der Waals surface area contributed by atoms with Gasteiger partial charge in [-0.3, -0.25) is 4.79 Å². The minimum absolute atomic E-state index is 0.0425. The quantitative estimate of drug-likeness (QED) is 0.826. The first-order chi connectivity index (χ1) is 9.70. The highest BCUT2D eigenvalue weighted by Crippen LogP contribution is 2.11. The Morgan fingerprint density at radius 2 is 2.20 bits per heavy atom. The van der Waals surface area contributed by atoms with E-state index in [1.165, 1.54) is 4.68 Å². The molecular formula is C14H24N4O2. The van der Waals surface area contributed by atoms with E-state index in [9.17, 15) is 4.79 Å². The fraction of sp³-hybridized carbons (Fsp3) is 0.714. The van der Waals surface area contributed by atoms with Crippen molar-refractivity contribution in [2.24, 2.45) is 5.73 Å². The van der Waals surface area contributed by atoms with Crippen molar-refractivity contribution in [2.75, 3.05) is 31.2 Å². The fourth-order valence-corrected chi connectivity index (χ4v) is 2.29. The smallest absolute Gasteiger partial charge is 0.268 e. The zero-order valence-electron chi connectivity index (χ0n) is 12.1. The number of hydrogen-bond acceptors (Lipinski definition) is 5. The Kier molecular flexibility index (Phi) is 5.55. The van der Waals surface area contributed by atoms with Gasteiger partial charge in [-0.25, -0.2) is 4.68 Å². The van der Waals surface area contributed by atoms with Crippen LogP contribution in [0, 0.1) is 0 Å². The minimum Gasteiger partial charge on any atom is -0.378 e. The van der Waals surface area contributed by atoms with Gasteiger partial charge in [0.05, 0.1) is 25.1 Å². The predicted octanol–water partition coefficient (Wildman–Crippen LogP) is 0.597. The molecule has 1 saturated heterocycles. The molecule has 6 heteroatoms. The van der Waals surface area contributed by atoms with Crippen LogP contribution in [-0.2, 0) is 11.3 Å². The first kappa shape index (κ1) is 15.0. The van der Waals surface area contributed by atoms with Gasteiger partial charge in [-0.15, -0.1) is 0 Å². The summed E-state index contributed by atoms with van der Waals surface area (Å²) in [6.07, 6.45) is 4.55. The number of rotatable bonds is 6. The third-order valence-corrected chi connectivity index (χ3v) is 3.70. The third kappa shape index (κ3) is 4.05. The standard InChI is InChI=1S/C14H24N4O2/c1-2-12(15)4-3-5-18-14(19)10-13(11-16-18)17-6-8-20-9-7-17/h10-12H,2-9,15H2,1H3. The van der Waals surface area contributed by atoms with Crippen LogP contribution in [0.15, 0.2) is 17.1 Å². The van der Waals surface area contributed by atoms with Crippen LogP contribution in [0.2, 0.25) is 0 Å². The van der Waals surface area contributed by atoms with Crippen LogP contribution in [0.1, 0.15) is 26.2 Å².